The van der Waals surface area contributed by atoms with E-state index in [0.29, 0.717) is 24.7 Å². The van der Waals surface area contributed by atoms with E-state index in [1.54, 1.807) is 0 Å². The number of ether oxygens (including phenoxy) is 2. The molecule has 2 aliphatic carbocycles. The maximum absolute atomic E-state index is 11.6. The Bertz CT molecular complexity index is 681. The van der Waals surface area contributed by atoms with Gasteiger partial charge in [-0.2, -0.15) is 0 Å². The largest absolute Gasteiger partial charge is 0.508 e. The quantitative estimate of drug-likeness (QED) is 0.243. The van der Waals surface area contributed by atoms with Crippen LogP contribution in [0.2, 0.25) is 0 Å². The van der Waals surface area contributed by atoms with Gasteiger partial charge in [-0.15, -0.1) is 11.8 Å². The molecule has 0 aromatic heterocycles. The van der Waals surface area contributed by atoms with Gasteiger partial charge in [0.25, 0.3) is 0 Å². The van der Waals surface area contributed by atoms with Crippen LogP contribution in [0, 0.1) is 35.5 Å². The van der Waals surface area contributed by atoms with Crippen LogP contribution in [0.1, 0.15) is 65.2 Å². The predicted molar refractivity (Wildman–Crippen MR) is 112 cm³/mol. The highest BCUT2D eigenvalue weighted by Crippen LogP contribution is 2.50. The molecule has 2 saturated carbocycles. The van der Waals surface area contributed by atoms with Crippen LogP contribution in [0.25, 0.3) is 0 Å². The van der Waals surface area contributed by atoms with Crippen LogP contribution < -0.4 is 0 Å². The molecule has 5 nitrogen and oxygen atoms in total. The highest BCUT2D eigenvalue weighted by atomic mass is 16.7. The summed E-state index contributed by atoms with van der Waals surface area (Å²) < 4.78 is 10.1. The zero-order valence-electron chi connectivity index (χ0n) is 17.9. The Kier molecular flexibility index (Phi) is 9.31. The van der Waals surface area contributed by atoms with Crippen molar-refractivity contribution in [3.63, 3.8) is 0 Å². The topological polar surface area (TPSA) is 72.8 Å². The van der Waals surface area contributed by atoms with Crippen LogP contribution in [-0.4, -0.2) is 30.4 Å². The molecule has 0 aliphatic heterocycles. The van der Waals surface area contributed by atoms with Crippen molar-refractivity contribution in [2.45, 2.75) is 71.3 Å². The Hall–Kier alpha value is -2.22. The Morgan fingerprint density at radius 2 is 2.10 bits per heavy atom. The minimum absolute atomic E-state index is 0.100. The molecule has 1 N–H and O–H groups in total. The van der Waals surface area contributed by atoms with Gasteiger partial charge in [-0.3, -0.25) is 4.79 Å². The Morgan fingerprint density at radius 3 is 2.79 bits per heavy atom. The summed E-state index contributed by atoms with van der Waals surface area (Å²) in [7, 11) is 1.32. The van der Waals surface area contributed by atoms with Crippen LogP contribution >= 0.6 is 0 Å². The lowest BCUT2D eigenvalue weighted by molar-refractivity contribution is -0.137. The van der Waals surface area contributed by atoms with Gasteiger partial charge in [-0.05, 0) is 69.3 Å². The van der Waals surface area contributed by atoms with Crippen molar-refractivity contribution >= 4 is 12.1 Å². The maximum atomic E-state index is 11.6. The van der Waals surface area contributed by atoms with Gasteiger partial charge in [-0.25, -0.2) is 4.79 Å². The second kappa shape index (κ2) is 11.7. The van der Waals surface area contributed by atoms with Crippen LogP contribution in [0.15, 0.2) is 23.8 Å². The summed E-state index contributed by atoms with van der Waals surface area (Å²) in [4.78, 5) is 22.3. The minimum atomic E-state index is -0.722. The molecule has 0 bridgehead atoms. The monoisotopic (exact) mass is 402 g/mol. The standard InChI is InChI=1S/C24H34O5/c1-4-5-8-17(2)22(29-24(27)28-3)14-13-19-11-12-20-15-18(16-21(19)20)9-6-7-10-23(25)26/h9,13-14,17,19-22H,6-8,10-12,15-16H2,1-3H3,(H,25,26)/b14-13+,18-9+/t17?,19-,20?,21?,22?/m1/s1. The summed E-state index contributed by atoms with van der Waals surface area (Å²) in [6.45, 7) is 3.84. The average molecular weight is 403 g/mol. The number of hydrogen-bond acceptors (Lipinski definition) is 4. The van der Waals surface area contributed by atoms with E-state index in [4.69, 9.17) is 9.84 Å². The van der Waals surface area contributed by atoms with Gasteiger partial charge in [0.05, 0.1) is 7.11 Å². The van der Waals surface area contributed by atoms with Crippen molar-refractivity contribution < 1.29 is 24.2 Å². The molecular formula is C24H34O5. The second-order valence-electron chi connectivity index (χ2n) is 8.25. The zero-order chi connectivity index (χ0) is 21.2. The molecule has 0 amide bonds. The number of unbranched alkanes of at least 4 members (excludes halogenated alkanes) is 1. The van der Waals surface area contributed by atoms with Gasteiger partial charge in [0.1, 0.15) is 6.10 Å². The van der Waals surface area contributed by atoms with Gasteiger partial charge in [0, 0.05) is 18.8 Å². The fraction of sp³-hybridized carbons (Fsp3) is 0.667. The maximum Gasteiger partial charge on any atom is 0.508 e. The van der Waals surface area contributed by atoms with Crippen LogP contribution in [0.5, 0.6) is 0 Å². The summed E-state index contributed by atoms with van der Waals surface area (Å²) in [5.41, 5.74) is 1.48. The van der Waals surface area contributed by atoms with Gasteiger partial charge >= 0.3 is 12.1 Å². The molecule has 0 saturated heterocycles. The molecular weight excluding hydrogens is 368 g/mol. The normalized spacial score (nSPS) is 26.6. The summed E-state index contributed by atoms with van der Waals surface area (Å²) in [6.07, 6.45) is 12.7. The van der Waals surface area contributed by atoms with E-state index in [0.717, 1.165) is 25.2 Å². The lowest BCUT2D eigenvalue weighted by Gasteiger charge is -2.20. The third-order valence-corrected chi connectivity index (χ3v) is 6.18. The zero-order valence-corrected chi connectivity index (χ0v) is 17.9. The number of carbonyl (C=O) groups excluding carboxylic acids is 1. The first kappa shape index (κ1) is 23.1. The summed E-state index contributed by atoms with van der Waals surface area (Å²) in [5, 5.41) is 8.76. The van der Waals surface area contributed by atoms with Crippen molar-refractivity contribution in [1.82, 2.24) is 0 Å². The fourth-order valence-electron chi connectivity index (χ4n) is 4.58. The Morgan fingerprint density at radius 1 is 1.31 bits per heavy atom. The molecule has 0 radical (unpaired) electrons. The van der Waals surface area contributed by atoms with Crippen molar-refractivity contribution in [1.29, 1.82) is 0 Å². The smallest absolute Gasteiger partial charge is 0.481 e. The number of allylic oxidation sites excluding steroid dienone is 3. The first-order valence-corrected chi connectivity index (χ1v) is 10.7. The van der Waals surface area contributed by atoms with Gasteiger partial charge in [0.2, 0.25) is 0 Å². The van der Waals surface area contributed by atoms with Gasteiger partial charge in [0.15, 0.2) is 0 Å². The van der Waals surface area contributed by atoms with Crippen molar-refractivity contribution in [3.8, 4) is 11.8 Å². The van der Waals surface area contributed by atoms with Gasteiger partial charge in [-0.1, -0.05) is 24.6 Å². The molecule has 0 spiro atoms. The number of carboxylic acid groups (broad SMARTS) is 1. The molecule has 0 heterocycles. The van der Waals surface area contributed by atoms with Crippen LogP contribution in [0.3, 0.4) is 0 Å². The second-order valence-corrected chi connectivity index (χ2v) is 8.25. The first-order valence-electron chi connectivity index (χ1n) is 10.7. The molecule has 0 aromatic carbocycles. The van der Waals surface area contributed by atoms with E-state index >= 15 is 0 Å². The number of carboxylic acids is 1. The van der Waals surface area contributed by atoms with E-state index in [-0.39, 0.29) is 18.4 Å². The van der Waals surface area contributed by atoms with Crippen LogP contribution in [-0.2, 0) is 14.3 Å². The Labute approximate surface area is 174 Å². The molecule has 2 rings (SSSR count). The fourth-order valence-corrected chi connectivity index (χ4v) is 4.58. The molecule has 4 unspecified atom stereocenters. The molecule has 5 heteroatoms. The number of aliphatic carboxylic acids is 1. The lowest BCUT2D eigenvalue weighted by atomic mass is 9.90. The van der Waals surface area contributed by atoms with Gasteiger partial charge < -0.3 is 14.6 Å². The summed E-state index contributed by atoms with van der Waals surface area (Å²) in [6, 6.07) is 0. The number of methoxy groups -OCH3 is 1. The summed E-state index contributed by atoms with van der Waals surface area (Å²) in [5.74, 6) is 7.19. The number of carbonyl (C=O) groups is 2. The third kappa shape index (κ3) is 7.27. The molecule has 29 heavy (non-hydrogen) atoms. The molecule has 2 fully saturated rings. The SMILES string of the molecule is CC#CCC(C)C(/C=C/[C@H]1CCC2C/C(=C\CCCC(=O)O)CC21)OC(=O)OC. The number of rotatable bonds is 9. The predicted octanol–water partition coefficient (Wildman–Crippen LogP) is 5.36. The van der Waals surface area contributed by atoms with E-state index in [1.807, 2.05) is 19.9 Å². The van der Waals surface area contributed by atoms with E-state index < -0.39 is 12.1 Å². The first-order chi connectivity index (χ1) is 13.9. The number of fused-ring (bicyclic) bond motifs is 1. The Balaban J connectivity index is 1.95. The third-order valence-electron chi connectivity index (χ3n) is 6.18. The lowest BCUT2D eigenvalue weighted by Crippen LogP contribution is -2.23. The van der Waals surface area contributed by atoms with Crippen LogP contribution in [0.4, 0.5) is 4.79 Å². The molecule has 2 aliphatic rings. The molecule has 160 valence electrons. The number of hydrogen-bond donors (Lipinski definition) is 1. The van der Waals surface area contributed by atoms with Crippen molar-refractivity contribution in [3.05, 3.63) is 23.8 Å². The minimum Gasteiger partial charge on any atom is -0.481 e. The van der Waals surface area contributed by atoms with Crippen molar-refractivity contribution in [2.24, 2.45) is 23.7 Å². The van der Waals surface area contributed by atoms with E-state index in [2.05, 4.69) is 28.7 Å². The van der Waals surface area contributed by atoms with Crippen molar-refractivity contribution in [2.75, 3.05) is 7.11 Å². The molecule has 0 aromatic rings. The molecule has 5 atom stereocenters. The van der Waals surface area contributed by atoms with E-state index in [1.165, 1.54) is 25.5 Å². The average Bonchev–Trinajstić information content (AvgIpc) is 3.26. The van der Waals surface area contributed by atoms with E-state index in [9.17, 15) is 9.59 Å². The highest BCUT2D eigenvalue weighted by molar-refractivity contribution is 5.66. The highest BCUT2D eigenvalue weighted by Gasteiger charge is 2.39. The summed E-state index contributed by atoms with van der Waals surface area (Å²) >= 11 is 0.